The third-order valence-electron chi connectivity index (χ3n) is 4.43. The van der Waals surface area contributed by atoms with E-state index in [-0.39, 0.29) is 27.7 Å². The predicted molar refractivity (Wildman–Crippen MR) is 110 cm³/mol. The van der Waals surface area contributed by atoms with Gasteiger partial charge >= 0.3 is 6.18 Å². The lowest BCUT2D eigenvalue weighted by Crippen LogP contribution is -2.15. The summed E-state index contributed by atoms with van der Waals surface area (Å²) >= 11 is 6.79. The highest BCUT2D eigenvalue weighted by Gasteiger charge is 2.42. The molecule has 3 aromatic heterocycles. The van der Waals surface area contributed by atoms with Crippen molar-refractivity contribution in [3.8, 4) is 28.4 Å². The normalized spacial score (nSPS) is 11.7. The smallest absolute Gasteiger partial charge is 0.355 e. The van der Waals surface area contributed by atoms with Gasteiger partial charge in [0.05, 0.1) is 22.3 Å². The fraction of sp³-hybridized carbons (Fsp3) is 0.100. The highest BCUT2D eigenvalue weighted by molar-refractivity contribution is 8.13. The third-order valence-corrected chi connectivity index (χ3v) is 5.32. The molecule has 0 saturated carbocycles. The van der Waals surface area contributed by atoms with E-state index in [1.165, 1.54) is 42.8 Å². The van der Waals surface area contributed by atoms with E-state index in [4.69, 9.17) is 16.1 Å². The van der Waals surface area contributed by atoms with Crippen LogP contribution < -0.4 is 0 Å². The van der Waals surface area contributed by atoms with Gasteiger partial charge in [0.1, 0.15) is 17.1 Å². The van der Waals surface area contributed by atoms with Gasteiger partial charge in [-0.15, -0.1) is 0 Å². The van der Waals surface area contributed by atoms with E-state index < -0.39 is 34.1 Å². The number of carbonyl (C=O) groups is 1. The van der Waals surface area contributed by atoms with Gasteiger partial charge in [-0.25, -0.2) is 14.1 Å². The Morgan fingerprint density at radius 1 is 1.19 bits per heavy atom. The van der Waals surface area contributed by atoms with Crippen LogP contribution in [0, 0.1) is 5.82 Å². The lowest BCUT2D eigenvalue weighted by molar-refractivity contribution is -0.142. The lowest BCUT2D eigenvalue weighted by atomic mass is 10.0. The maximum absolute atomic E-state index is 14.5. The van der Waals surface area contributed by atoms with Gasteiger partial charge in [-0.2, -0.15) is 18.3 Å². The van der Waals surface area contributed by atoms with Crippen LogP contribution in [0.4, 0.5) is 17.6 Å². The lowest BCUT2D eigenvalue weighted by Gasteiger charge is -2.11. The van der Waals surface area contributed by atoms with Gasteiger partial charge < -0.3 is 4.52 Å². The van der Waals surface area contributed by atoms with Crippen LogP contribution in [-0.2, 0) is 6.18 Å². The van der Waals surface area contributed by atoms with E-state index in [0.717, 1.165) is 12.3 Å². The Bertz CT molecular complexity index is 1280. The van der Waals surface area contributed by atoms with E-state index in [0.29, 0.717) is 16.4 Å². The average molecular weight is 483 g/mol. The van der Waals surface area contributed by atoms with Gasteiger partial charge in [-0.1, -0.05) is 40.7 Å². The molecule has 0 amide bonds. The quantitative estimate of drug-likeness (QED) is 0.337. The number of aromatic nitrogens is 4. The molecular formula is C20H11ClF4N4O2S. The highest BCUT2D eigenvalue weighted by atomic mass is 35.5. The summed E-state index contributed by atoms with van der Waals surface area (Å²) < 4.78 is 62.4. The molecule has 0 fully saturated rings. The molecule has 1 aromatic carbocycles. The zero-order valence-corrected chi connectivity index (χ0v) is 17.6. The van der Waals surface area contributed by atoms with E-state index in [9.17, 15) is 22.4 Å². The summed E-state index contributed by atoms with van der Waals surface area (Å²) in [4.78, 5) is 16.6. The molecule has 0 aliphatic carbocycles. The molecule has 4 aromatic rings. The summed E-state index contributed by atoms with van der Waals surface area (Å²) in [6.07, 6.45) is -1.27. The van der Waals surface area contributed by atoms with Crippen molar-refractivity contribution in [2.45, 2.75) is 6.18 Å². The Balaban J connectivity index is 2.01. The molecule has 0 radical (unpaired) electrons. The van der Waals surface area contributed by atoms with Gasteiger partial charge in [0, 0.05) is 6.20 Å². The number of pyridine rings is 1. The topological polar surface area (TPSA) is 73.8 Å². The van der Waals surface area contributed by atoms with Gasteiger partial charge in [-0.05, 0) is 30.5 Å². The molecule has 0 saturated heterocycles. The summed E-state index contributed by atoms with van der Waals surface area (Å²) in [5.41, 5.74) is -2.69. The number of nitrogens with zero attached hydrogens (tertiary/aromatic N) is 4. The SMILES string of the molecule is CSC(=O)c1c(-c2c(F)cccc2Cl)noc1-c1cnn(-c2ccccn2)c1C(F)(F)F. The second-order valence-corrected chi connectivity index (χ2v) is 7.51. The highest BCUT2D eigenvalue weighted by Crippen LogP contribution is 2.43. The summed E-state index contributed by atoms with van der Waals surface area (Å²) in [7, 11) is 0. The van der Waals surface area contributed by atoms with Crippen LogP contribution in [0.5, 0.6) is 0 Å². The molecule has 4 rings (SSSR count). The fourth-order valence-electron chi connectivity index (χ4n) is 3.10. The molecule has 0 atom stereocenters. The number of carbonyl (C=O) groups excluding carboxylic acids is 1. The van der Waals surface area contributed by atoms with E-state index in [1.54, 1.807) is 0 Å². The van der Waals surface area contributed by atoms with Crippen LogP contribution >= 0.6 is 23.4 Å². The first-order chi connectivity index (χ1) is 15.2. The molecule has 0 N–H and O–H groups in total. The number of rotatable bonds is 4. The second kappa shape index (κ2) is 8.40. The van der Waals surface area contributed by atoms with E-state index in [2.05, 4.69) is 15.2 Å². The predicted octanol–water partition coefficient (Wildman–Crippen LogP) is 5.90. The maximum Gasteiger partial charge on any atom is 0.434 e. The molecule has 0 aliphatic rings. The van der Waals surface area contributed by atoms with Crippen molar-refractivity contribution in [1.29, 1.82) is 0 Å². The molecule has 164 valence electrons. The molecule has 3 heterocycles. The number of benzene rings is 1. The van der Waals surface area contributed by atoms with Crippen LogP contribution in [0.1, 0.15) is 16.1 Å². The van der Waals surface area contributed by atoms with Gasteiger partial charge in [-0.3, -0.25) is 4.79 Å². The van der Waals surface area contributed by atoms with Crippen molar-refractivity contribution in [1.82, 2.24) is 19.9 Å². The van der Waals surface area contributed by atoms with Gasteiger partial charge in [0.2, 0.25) is 5.12 Å². The first-order valence-electron chi connectivity index (χ1n) is 8.83. The number of thioether (sulfide) groups is 1. The summed E-state index contributed by atoms with van der Waals surface area (Å²) in [5, 5.41) is 6.74. The van der Waals surface area contributed by atoms with Crippen molar-refractivity contribution in [2.75, 3.05) is 6.26 Å². The molecule has 0 aliphatic heterocycles. The fourth-order valence-corrected chi connectivity index (χ4v) is 3.75. The van der Waals surface area contributed by atoms with Crippen LogP contribution in [0.15, 0.2) is 53.3 Å². The summed E-state index contributed by atoms with van der Waals surface area (Å²) in [5.74, 6) is -1.42. The molecule has 32 heavy (non-hydrogen) atoms. The first-order valence-corrected chi connectivity index (χ1v) is 10.4. The minimum atomic E-state index is -4.90. The molecule has 0 unspecified atom stereocenters. The van der Waals surface area contributed by atoms with Crippen molar-refractivity contribution in [3.05, 3.63) is 70.9 Å². The minimum Gasteiger partial charge on any atom is -0.355 e. The summed E-state index contributed by atoms with van der Waals surface area (Å²) in [6.45, 7) is 0. The van der Waals surface area contributed by atoms with Crippen molar-refractivity contribution in [2.24, 2.45) is 0 Å². The van der Waals surface area contributed by atoms with Crippen molar-refractivity contribution >= 4 is 28.5 Å². The molecule has 6 nitrogen and oxygen atoms in total. The van der Waals surface area contributed by atoms with E-state index >= 15 is 0 Å². The van der Waals surface area contributed by atoms with Crippen LogP contribution in [0.2, 0.25) is 5.02 Å². The van der Waals surface area contributed by atoms with E-state index in [1.807, 2.05) is 0 Å². The Morgan fingerprint density at radius 3 is 2.59 bits per heavy atom. The number of halogens is 5. The zero-order chi connectivity index (χ0) is 23.0. The molecule has 0 spiro atoms. The van der Waals surface area contributed by atoms with Crippen LogP contribution in [0.3, 0.4) is 0 Å². The number of hydrogen-bond acceptors (Lipinski definition) is 6. The molecular weight excluding hydrogens is 472 g/mol. The third kappa shape index (κ3) is 3.78. The minimum absolute atomic E-state index is 0.0831. The maximum atomic E-state index is 14.5. The Labute approximate surface area is 187 Å². The van der Waals surface area contributed by atoms with Gasteiger partial charge in [0.15, 0.2) is 17.3 Å². The standard InChI is InChI=1S/C20H11ClF4N4O2S/c1-32-19(30)15-16(14-11(21)5-4-6-12(14)22)28-31-17(15)10-9-27-29(18(10)20(23,24)25)13-7-2-3-8-26-13/h2-9H,1H3. The number of alkyl halides is 3. The Morgan fingerprint density at radius 2 is 1.97 bits per heavy atom. The van der Waals surface area contributed by atoms with Crippen LogP contribution in [-0.4, -0.2) is 31.3 Å². The average Bonchev–Trinajstić information content (AvgIpc) is 3.38. The summed E-state index contributed by atoms with van der Waals surface area (Å²) in [6, 6.07) is 8.17. The first kappa shape index (κ1) is 22.0. The van der Waals surface area contributed by atoms with Crippen molar-refractivity contribution < 1.29 is 26.9 Å². The Kier molecular flexibility index (Phi) is 5.78. The monoisotopic (exact) mass is 482 g/mol. The van der Waals surface area contributed by atoms with Crippen molar-refractivity contribution in [3.63, 3.8) is 0 Å². The zero-order valence-electron chi connectivity index (χ0n) is 16.0. The van der Waals surface area contributed by atoms with Gasteiger partial charge in [0.25, 0.3) is 0 Å². The largest absolute Gasteiger partial charge is 0.434 e. The second-order valence-electron chi connectivity index (χ2n) is 6.33. The van der Waals surface area contributed by atoms with Crippen LogP contribution in [0.25, 0.3) is 28.4 Å². The molecule has 0 bridgehead atoms. The molecule has 12 heteroatoms. The number of hydrogen-bond donors (Lipinski definition) is 0. The Hall–Kier alpha value is -3.18.